The van der Waals surface area contributed by atoms with E-state index in [-0.39, 0.29) is 6.04 Å². The maximum absolute atomic E-state index is 12.3. The number of hydrogen-bond acceptors (Lipinski definition) is 4. The fraction of sp³-hybridized carbons (Fsp3) is 0.467. The number of anilines is 1. The van der Waals surface area contributed by atoms with E-state index in [1.165, 1.54) is 6.21 Å². The molecule has 0 aliphatic heterocycles. The SMILES string of the molecule is CC(C)N(C(=O)OC(C)(C)C)c1cccc(C=NO)c1. The molecule has 0 saturated heterocycles. The van der Waals surface area contributed by atoms with Crippen molar-refractivity contribution in [3.8, 4) is 0 Å². The van der Waals surface area contributed by atoms with Crippen molar-refractivity contribution in [2.45, 2.75) is 46.3 Å². The second-order valence-electron chi connectivity index (χ2n) is 5.78. The number of carbonyl (C=O) groups excluding carboxylic acids is 1. The first kappa shape index (κ1) is 16.0. The van der Waals surface area contributed by atoms with E-state index in [0.717, 1.165) is 0 Å². The molecule has 0 heterocycles. The molecule has 0 spiro atoms. The average molecular weight is 278 g/mol. The maximum Gasteiger partial charge on any atom is 0.415 e. The van der Waals surface area contributed by atoms with Crippen molar-refractivity contribution in [3.63, 3.8) is 0 Å². The molecule has 0 bridgehead atoms. The second kappa shape index (κ2) is 6.41. The summed E-state index contributed by atoms with van der Waals surface area (Å²) in [6.07, 6.45) is 0.919. The Kier molecular flexibility index (Phi) is 5.13. The van der Waals surface area contributed by atoms with Gasteiger partial charge in [-0.1, -0.05) is 17.3 Å². The van der Waals surface area contributed by atoms with Gasteiger partial charge >= 0.3 is 6.09 Å². The Morgan fingerprint density at radius 3 is 2.55 bits per heavy atom. The van der Waals surface area contributed by atoms with Gasteiger partial charge in [0.25, 0.3) is 0 Å². The largest absolute Gasteiger partial charge is 0.443 e. The molecule has 110 valence electrons. The van der Waals surface area contributed by atoms with E-state index < -0.39 is 11.7 Å². The summed E-state index contributed by atoms with van der Waals surface area (Å²) in [4.78, 5) is 13.9. The molecule has 0 aliphatic carbocycles. The molecule has 0 aliphatic rings. The third-order valence-electron chi connectivity index (χ3n) is 2.46. The molecule has 5 nitrogen and oxygen atoms in total. The fourth-order valence-electron chi connectivity index (χ4n) is 1.75. The first-order valence-electron chi connectivity index (χ1n) is 6.54. The number of rotatable bonds is 3. The molecule has 20 heavy (non-hydrogen) atoms. The highest BCUT2D eigenvalue weighted by molar-refractivity contribution is 5.90. The molecule has 0 radical (unpaired) electrons. The van der Waals surface area contributed by atoms with Crippen molar-refractivity contribution in [3.05, 3.63) is 29.8 Å². The van der Waals surface area contributed by atoms with Gasteiger partial charge < -0.3 is 9.94 Å². The predicted molar refractivity (Wildman–Crippen MR) is 79.7 cm³/mol. The highest BCUT2D eigenvalue weighted by atomic mass is 16.6. The van der Waals surface area contributed by atoms with E-state index in [4.69, 9.17) is 9.94 Å². The van der Waals surface area contributed by atoms with Gasteiger partial charge in [-0.15, -0.1) is 0 Å². The zero-order valence-corrected chi connectivity index (χ0v) is 12.6. The van der Waals surface area contributed by atoms with E-state index in [9.17, 15) is 4.79 Å². The third kappa shape index (κ3) is 4.57. The monoisotopic (exact) mass is 278 g/mol. The molecule has 0 fully saturated rings. The predicted octanol–water partition coefficient (Wildman–Crippen LogP) is 3.64. The van der Waals surface area contributed by atoms with Gasteiger partial charge in [0, 0.05) is 11.7 Å². The van der Waals surface area contributed by atoms with Crippen molar-refractivity contribution < 1.29 is 14.7 Å². The first-order valence-corrected chi connectivity index (χ1v) is 6.54. The lowest BCUT2D eigenvalue weighted by molar-refractivity contribution is 0.0570. The van der Waals surface area contributed by atoms with Crippen LogP contribution in [0.1, 0.15) is 40.2 Å². The topological polar surface area (TPSA) is 62.1 Å². The summed E-state index contributed by atoms with van der Waals surface area (Å²) in [5.41, 5.74) is 0.861. The van der Waals surface area contributed by atoms with E-state index in [1.54, 1.807) is 23.1 Å². The molecular formula is C15H22N2O3. The number of nitrogens with zero attached hydrogens (tertiary/aromatic N) is 2. The minimum atomic E-state index is -0.547. The van der Waals surface area contributed by atoms with Gasteiger partial charge in [0.2, 0.25) is 0 Å². The van der Waals surface area contributed by atoms with Crippen LogP contribution < -0.4 is 4.90 Å². The Balaban J connectivity index is 3.08. The molecule has 1 amide bonds. The van der Waals surface area contributed by atoms with Gasteiger partial charge in [0.05, 0.1) is 6.21 Å². The fourth-order valence-corrected chi connectivity index (χ4v) is 1.75. The van der Waals surface area contributed by atoms with Crippen molar-refractivity contribution >= 4 is 18.0 Å². The molecule has 5 heteroatoms. The lowest BCUT2D eigenvalue weighted by Crippen LogP contribution is -2.41. The summed E-state index contributed by atoms with van der Waals surface area (Å²) in [5.74, 6) is 0. The minimum Gasteiger partial charge on any atom is -0.443 e. The van der Waals surface area contributed by atoms with Crippen molar-refractivity contribution in [1.29, 1.82) is 0 Å². The van der Waals surface area contributed by atoms with E-state index in [0.29, 0.717) is 11.3 Å². The molecular weight excluding hydrogens is 256 g/mol. The van der Waals surface area contributed by atoms with E-state index in [1.807, 2.05) is 40.7 Å². The Morgan fingerprint density at radius 2 is 2.05 bits per heavy atom. The Hall–Kier alpha value is -2.04. The second-order valence-corrected chi connectivity index (χ2v) is 5.78. The minimum absolute atomic E-state index is 0.0498. The van der Waals surface area contributed by atoms with Crippen molar-refractivity contribution in [2.75, 3.05) is 4.90 Å². The van der Waals surface area contributed by atoms with Crippen LogP contribution in [0.25, 0.3) is 0 Å². The quantitative estimate of drug-likeness (QED) is 0.521. The highest BCUT2D eigenvalue weighted by Crippen LogP contribution is 2.21. The van der Waals surface area contributed by atoms with Gasteiger partial charge in [-0.25, -0.2) is 4.79 Å². The van der Waals surface area contributed by atoms with E-state index >= 15 is 0 Å². The third-order valence-corrected chi connectivity index (χ3v) is 2.46. The zero-order chi connectivity index (χ0) is 15.3. The molecule has 0 aromatic heterocycles. The molecule has 1 aromatic carbocycles. The number of amides is 1. The van der Waals surface area contributed by atoms with Gasteiger partial charge in [-0.3, -0.25) is 4.90 Å². The van der Waals surface area contributed by atoms with Crippen LogP contribution >= 0.6 is 0 Å². The van der Waals surface area contributed by atoms with Crippen LogP contribution in [0.4, 0.5) is 10.5 Å². The number of carbonyl (C=O) groups is 1. The maximum atomic E-state index is 12.3. The molecule has 1 aromatic rings. The van der Waals surface area contributed by atoms with Gasteiger partial charge in [0.15, 0.2) is 0 Å². The number of hydrogen-bond donors (Lipinski definition) is 1. The van der Waals surface area contributed by atoms with Crippen LogP contribution in [-0.2, 0) is 4.74 Å². The summed E-state index contributed by atoms with van der Waals surface area (Å²) >= 11 is 0. The molecule has 0 atom stereocenters. The standard InChI is InChI=1S/C15H22N2O3/c1-11(2)17(14(18)20-15(3,4)5)13-8-6-7-12(9-13)10-16-19/h6-11,19H,1-5H3. The number of oxime groups is 1. The van der Waals surface area contributed by atoms with Crippen LogP contribution in [0, 0.1) is 0 Å². The van der Waals surface area contributed by atoms with E-state index in [2.05, 4.69) is 5.16 Å². The summed E-state index contributed by atoms with van der Waals surface area (Å²) < 4.78 is 5.42. The summed E-state index contributed by atoms with van der Waals surface area (Å²) in [6.45, 7) is 9.32. The molecule has 1 N–H and O–H groups in total. The number of benzene rings is 1. The van der Waals surface area contributed by atoms with Crippen LogP contribution in [0.5, 0.6) is 0 Å². The lowest BCUT2D eigenvalue weighted by Gasteiger charge is -2.30. The Bertz CT molecular complexity index is 490. The highest BCUT2D eigenvalue weighted by Gasteiger charge is 2.25. The number of ether oxygens (including phenoxy) is 1. The molecule has 0 unspecified atom stereocenters. The van der Waals surface area contributed by atoms with Gasteiger partial charge in [-0.2, -0.15) is 0 Å². The van der Waals surface area contributed by atoms with Gasteiger partial charge in [-0.05, 0) is 52.3 Å². The summed E-state index contributed by atoms with van der Waals surface area (Å²) in [7, 11) is 0. The average Bonchev–Trinajstić information content (AvgIpc) is 2.26. The zero-order valence-electron chi connectivity index (χ0n) is 12.6. The van der Waals surface area contributed by atoms with Crippen LogP contribution in [0.3, 0.4) is 0 Å². The lowest BCUT2D eigenvalue weighted by atomic mass is 10.1. The Morgan fingerprint density at radius 1 is 1.40 bits per heavy atom. The van der Waals surface area contributed by atoms with Crippen LogP contribution in [-0.4, -0.2) is 29.2 Å². The Labute approximate surface area is 119 Å². The normalized spacial score (nSPS) is 11.9. The molecule has 1 rings (SSSR count). The summed E-state index contributed by atoms with van der Waals surface area (Å²) in [5, 5.41) is 11.6. The first-order chi connectivity index (χ1) is 9.24. The molecule has 0 saturated carbocycles. The van der Waals surface area contributed by atoms with Gasteiger partial charge in [0.1, 0.15) is 5.60 Å². The van der Waals surface area contributed by atoms with Crippen molar-refractivity contribution in [1.82, 2.24) is 0 Å². The smallest absolute Gasteiger partial charge is 0.415 e. The van der Waals surface area contributed by atoms with Crippen LogP contribution in [0.2, 0.25) is 0 Å². The summed E-state index contributed by atoms with van der Waals surface area (Å²) in [6, 6.07) is 7.12. The van der Waals surface area contributed by atoms with Crippen LogP contribution in [0.15, 0.2) is 29.4 Å². The van der Waals surface area contributed by atoms with Crippen molar-refractivity contribution in [2.24, 2.45) is 5.16 Å².